The number of furan rings is 1. The predicted molar refractivity (Wildman–Crippen MR) is 85.0 cm³/mol. The first kappa shape index (κ1) is 13.9. The van der Waals surface area contributed by atoms with Crippen LogP contribution >= 0.6 is 0 Å². The summed E-state index contributed by atoms with van der Waals surface area (Å²) in [5.41, 5.74) is 7.98. The Morgan fingerprint density at radius 1 is 1.09 bits per heavy atom. The molecule has 1 heterocycles. The molecule has 110 valence electrons. The van der Waals surface area contributed by atoms with E-state index in [-0.39, 0.29) is 17.5 Å². The van der Waals surface area contributed by atoms with Gasteiger partial charge in [-0.1, -0.05) is 12.1 Å². The van der Waals surface area contributed by atoms with Gasteiger partial charge in [0.05, 0.1) is 0 Å². The summed E-state index contributed by atoms with van der Waals surface area (Å²) in [7, 11) is 0. The van der Waals surface area contributed by atoms with E-state index >= 15 is 0 Å². The van der Waals surface area contributed by atoms with Crippen molar-refractivity contribution in [3.05, 3.63) is 59.9 Å². The van der Waals surface area contributed by atoms with Crippen molar-refractivity contribution in [1.82, 2.24) is 0 Å². The summed E-state index contributed by atoms with van der Waals surface area (Å²) in [6, 6.07) is 13.6. The van der Waals surface area contributed by atoms with E-state index in [4.69, 9.17) is 10.2 Å². The molecule has 0 bridgehead atoms. The molecule has 3 aromatic rings. The summed E-state index contributed by atoms with van der Waals surface area (Å²) in [6.07, 6.45) is 0. The summed E-state index contributed by atoms with van der Waals surface area (Å²) >= 11 is 0. The fourth-order valence-corrected chi connectivity index (χ4v) is 2.18. The van der Waals surface area contributed by atoms with Gasteiger partial charge in [0.2, 0.25) is 0 Å². The van der Waals surface area contributed by atoms with Gasteiger partial charge >= 0.3 is 0 Å². The van der Waals surface area contributed by atoms with Crippen molar-refractivity contribution >= 4 is 34.0 Å². The molecule has 5 nitrogen and oxygen atoms in total. The highest BCUT2D eigenvalue weighted by molar-refractivity contribution is 6.05. The number of ketones is 1. The van der Waals surface area contributed by atoms with Crippen LogP contribution in [0.3, 0.4) is 0 Å². The number of rotatable bonds is 3. The predicted octanol–water partition coefficient (Wildman–Crippen LogP) is 3.47. The molecule has 0 spiro atoms. The van der Waals surface area contributed by atoms with Crippen molar-refractivity contribution < 1.29 is 14.0 Å². The van der Waals surface area contributed by atoms with E-state index in [1.807, 2.05) is 0 Å². The van der Waals surface area contributed by atoms with E-state index < -0.39 is 0 Å². The third-order valence-corrected chi connectivity index (χ3v) is 3.29. The summed E-state index contributed by atoms with van der Waals surface area (Å²) in [4.78, 5) is 23.6. The van der Waals surface area contributed by atoms with Gasteiger partial charge in [-0.25, -0.2) is 0 Å². The Bertz CT molecular complexity index is 880. The summed E-state index contributed by atoms with van der Waals surface area (Å²) < 4.78 is 5.50. The molecule has 5 heteroatoms. The topological polar surface area (TPSA) is 85.3 Å². The largest absolute Gasteiger partial charge is 0.451 e. The van der Waals surface area contributed by atoms with Crippen molar-refractivity contribution in [3.8, 4) is 0 Å². The van der Waals surface area contributed by atoms with Gasteiger partial charge in [0.15, 0.2) is 11.5 Å². The van der Waals surface area contributed by atoms with Crippen LogP contribution in [-0.2, 0) is 0 Å². The number of carbonyl (C=O) groups is 2. The average Bonchev–Trinajstić information content (AvgIpc) is 2.90. The molecule has 0 unspecified atom stereocenters. The number of anilines is 2. The molecular formula is C17H14N2O3. The number of nitrogens with one attached hydrogen (secondary N) is 1. The zero-order valence-corrected chi connectivity index (χ0v) is 11.9. The number of Topliss-reactive ketones (excluding diaryl/α,β-unsaturated/α-hetero) is 1. The lowest BCUT2D eigenvalue weighted by molar-refractivity contribution is 0.0993. The number of nitrogen functional groups attached to an aromatic ring is 1. The highest BCUT2D eigenvalue weighted by Gasteiger charge is 2.13. The number of hydrogen-bond donors (Lipinski definition) is 2. The van der Waals surface area contributed by atoms with E-state index in [1.54, 1.807) is 48.5 Å². The van der Waals surface area contributed by atoms with Crippen LogP contribution in [0.1, 0.15) is 27.8 Å². The van der Waals surface area contributed by atoms with Crippen LogP contribution in [-0.4, -0.2) is 11.7 Å². The van der Waals surface area contributed by atoms with Gasteiger partial charge in [0, 0.05) is 22.3 Å². The summed E-state index contributed by atoms with van der Waals surface area (Å²) in [6.45, 7) is 1.48. The molecule has 0 atom stereocenters. The molecule has 1 amide bonds. The zero-order valence-electron chi connectivity index (χ0n) is 11.9. The third kappa shape index (κ3) is 2.69. The van der Waals surface area contributed by atoms with E-state index in [0.717, 1.165) is 5.39 Å². The molecule has 0 aliphatic carbocycles. The van der Waals surface area contributed by atoms with E-state index in [0.29, 0.717) is 22.5 Å². The van der Waals surface area contributed by atoms with Gasteiger partial charge in [-0.05, 0) is 43.3 Å². The Morgan fingerprint density at radius 3 is 2.68 bits per heavy atom. The van der Waals surface area contributed by atoms with Gasteiger partial charge in [0.1, 0.15) is 5.58 Å². The normalized spacial score (nSPS) is 10.6. The third-order valence-electron chi connectivity index (χ3n) is 3.29. The molecule has 0 aliphatic heterocycles. The van der Waals surface area contributed by atoms with Crippen molar-refractivity contribution in [2.45, 2.75) is 6.92 Å². The highest BCUT2D eigenvalue weighted by Crippen LogP contribution is 2.22. The average molecular weight is 294 g/mol. The van der Waals surface area contributed by atoms with Gasteiger partial charge in [-0.15, -0.1) is 0 Å². The zero-order chi connectivity index (χ0) is 15.7. The van der Waals surface area contributed by atoms with Crippen LogP contribution in [0.15, 0.2) is 52.9 Å². The van der Waals surface area contributed by atoms with Crippen LogP contribution in [0, 0.1) is 0 Å². The maximum absolute atomic E-state index is 12.2. The minimum Gasteiger partial charge on any atom is -0.451 e. The van der Waals surface area contributed by atoms with Crippen LogP contribution in [0.2, 0.25) is 0 Å². The number of benzene rings is 2. The summed E-state index contributed by atoms with van der Waals surface area (Å²) in [5, 5.41) is 3.48. The van der Waals surface area contributed by atoms with Crippen molar-refractivity contribution in [2.24, 2.45) is 0 Å². The van der Waals surface area contributed by atoms with Crippen LogP contribution in [0.5, 0.6) is 0 Å². The first-order valence-electron chi connectivity index (χ1n) is 6.74. The number of fused-ring (bicyclic) bond motifs is 1. The van der Waals surface area contributed by atoms with Crippen molar-refractivity contribution in [1.29, 1.82) is 0 Å². The minimum atomic E-state index is -0.379. The van der Waals surface area contributed by atoms with E-state index in [9.17, 15) is 9.59 Å². The lowest BCUT2D eigenvalue weighted by Gasteiger charge is -2.04. The van der Waals surface area contributed by atoms with Crippen LogP contribution in [0.25, 0.3) is 11.0 Å². The Morgan fingerprint density at radius 2 is 1.91 bits per heavy atom. The maximum Gasteiger partial charge on any atom is 0.291 e. The lowest BCUT2D eigenvalue weighted by Crippen LogP contribution is -2.11. The fourth-order valence-electron chi connectivity index (χ4n) is 2.18. The Kier molecular flexibility index (Phi) is 3.39. The Labute approximate surface area is 126 Å². The van der Waals surface area contributed by atoms with Gasteiger partial charge in [-0.2, -0.15) is 0 Å². The number of carbonyl (C=O) groups excluding carboxylic acids is 2. The summed E-state index contributed by atoms with van der Waals surface area (Å²) in [5.74, 6) is -0.250. The SMILES string of the molecule is CC(=O)c1cccc(NC(=O)c2cc3cc(N)ccc3o2)c1. The molecule has 0 fully saturated rings. The first-order valence-corrected chi connectivity index (χ1v) is 6.74. The van der Waals surface area contributed by atoms with Crippen molar-refractivity contribution in [3.63, 3.8) is 0 Å². The highest BCUT2D eigenvalue weighted by atomic mass is 16.3. The molecule has 2 aromatic carbocycles. The number of amides is 1. The van der Waals surface area contributed by atoms with E-state index in [2.05, 4.69) is 5.32 Å². The Hall–Kier alpha value is -3.08. The molecular weight excluding hydrogens is 280 g/mol. The number of hydrogen-bond acceptors (Lipinski definition) is 4. The molecule has 0 aliphatic rings. The van der Waals surface area contributed by atoms with Gasteiger partial charge < -0.3 is 15.5 Å². The molecule has 3 N–H and O–H groups in total. The smallest absolute Gasteiger partial charge is 0.291 e. The molecule has 1 aromatic heterocycles. The second kappa shape index (κ2) is 5.37. The number of nitrogens with two attached hydrogens (primary N) is 1. The monoisotopic (exact) mass is 294 g/mol. The maximum atomic E-state index is 12.2. The van der Waals surface area contributed by atoms with Crippen LogP contribution < -0.4 is 11.1 Å². The lowest BCUT2D eigenvalue weighted by atomic mass is 10.1. The minimum absolute atomic E-state index is 0.0599. The first-order chi connectivity index (χ1) is 10.5. The molecule has 0 saturated heterocycles. The van der Waals surface area contributed by atoms with Crippen molar-refractivity contribution in [2.75, 3.05) is 11.1 Å². The molecule has 0 saturated carbocycles. The van der Waals surface area contributed by atoms with Gasteiger partial charge in [0.25, 0.3) is 5.91 Å². The molecule has 22 heavy (non-hydrogen) atoms. The standard InChI is InChI=1S/C17H14N2O3/c1-10(20)11-3-2-4-14(8-11)19-17(21)16-9-12-7-13(18)5-6-15(12)22-16/h2-9H,18H2,1H3,(H,19,21). The van der Waals surface area contributed by atoms with Crippen LogP contribution in [0.4, 0.5) is 11.4 Å². The molecule has 0 radical (unpaired) electrons. The van der Waals surface area contributed by atoms with Gasteiger partial charge in [-0.3, -0.25) is 9.59 Å². The quantitative estimate of drug-likeness (QED) is 0.572. The second-order valence-corrected chi connectivity index (χ2v) is 5.00. The fraction of sp³-hybridized carbons (Fsp3) is 0.0588. The Balaban J connectivity index is 1.86. The second-order valence-electron chi connectivity index (χ2n) is 5.00. The van der Waals surface area contributed by atoms with E-state index in [1.165, 1.54) is 6.92 Å². The molecule has 3 rings (SSSR count).